The van der Waals surface area contributed by atoms with E-state index in [4.69, 9.17) is 9.15 Å². The minimum atomic E-state index is -0.416. The number of rotatable bonds is 2. The van der Waals surface area contributed by atoms with Gasteiger partial charge in [-0.15, -0.1) is 0 Å². The topological polar surface area (TPSA) is 71.4 Å². The monoisotopic (exact) mass is 327 g/mol. The molecule has 0 saturated carbocycles. The lowest BCUT2D eigenvalue weighted by Gasteiger charge is -2.41. The average molecular weight is 327 g/mol. The molecule has 2 aromatic heterocycles. The first-order valence-electron chi connectivity index (χ1n) is 7.96. The fourth-order valence-corrected chi connectivity index (χ4v) is 3.31. The van der Waals surface area contributed by atoms with Gasteiger partial charge in [-0.25, -0.2) is 0 Å². The van der Waals surface area contributed by atoms with Crippen molar-refractivity contribution in [1.29, 1.82) is 5.26 Å². The van der Waals surface area contributed by atoms with Crippen LogP contribution in [-0.4, -0.2) is 40.2 Å². The fourth-order valence-electron chi connectivity index (χ4n) is 3.31. The molecule has 0 N–H and O–H groups in total. The average Bonchev–Trinajstić information content (AvgIpc) is 3.11. The molecule has 1 amide bonds. The summed E-state index contributed by atoms with van der Waals surface area (Å²) in [7, 11) is 0. The smallest absolute Gasteiger partial charge is 0.259 e. The number of hydrogen-bond donors (Lipinski definition) is 0. The summed E-state index contributed by atoms with van der Waals surface area (Å²) in [6.45, 7) is 8.56. The second kappa shape index (κ2) is 5.84. The molecule has 0 radical (unpaired) electrons. The van der Waals surface area contributed by atoms with Gasteiger partial charge in [0.1, 0.15) is 23.0 Å². The van der Waals surface area contributed by atoms with Gasteiger partial charge in [-0.1, -0.05) is 0 Å². The number of nitriles is 1. The summed E-state index contributed by atoms with van der Waals surface area (Å²) in [6, 6.07) is 5.81. The Balaban J connectivity index is 2.00. The number of hydrogen-bond acceptors (Lipinski definition) is 4. The Kier molecular flexibility index (Phi) is 3.98. The second-order valence-corrected chi connectivity index (χ2v) is 6.79. The summed E-state index contributed by atoms with van der Waals surface area (Å²) in [5.41, 5.74) is 0.192. The van der Waals surface area contributed by atoms with Crippen molar-refractivity contribution in [2.24, 2.45) is 0 Å². The van der Waals surface area contributed by atoms with E-state index in [0.29, 0.717) is 30.3 Å². The van der Waals surface area contributed by atoms with Crippen LogP contribution in [0.1, 0.15) is 42.5 Å². The van der Waals surface area contributed by atoms with E-state index in [1.807, 2.05) is 32.9 Å². The first-order chi connectivity index (χ1) is 11.3. The predicted octanol–water partition coefficient (Wildman–Crippen LogP) is 2.89. The zero-order valence-corrected chi connectivity index (χ0v) is 14.4. The van der Waals surface area contributed by atoms with Crippen LogP contribution in [0, 0.1) is 18.3 Å². The summed E-state index contributed by atoms with van der Waals surface area (Å²) in [6.07, 6.45) is 3.51. The predicted molar refractivity (Wildman–Crippen MR) is 88.0 cm³/mol. The van der Waals surface area contributed by atoms with E-state index in [0.717, 1.165) is 0 Å². The highest BCUT2D eigenvalue weighted by Gasteiger charge is 2.36. The molecule has 6 heteroatoms. The van der Waals surface area contributed by atoms with Crippen LogP contribution in [0.3, 0.4) is 0 Å². The standard InChI is InChI=1S/C18H21N3O3/c1-12-10-21(11-18(3,4)24-12)16(22)15-13(2)23-17(14(15)9-19)20-7-5-6-8-20/h5-8,12H,10-11H2,1-4H3. The molecule has 1 unspecified atom stereocenters. The van der Waals surface area contributed by atoms with Gasteiger partial charge < -0.3 is 14.1 Å². The van der Waals surface area contributed by atoms with E-state index in [1.165, 1.54) is 0 Å². The lowest BCUT2D eigenvalue weighted by atomic mass is 10.0. The van der Waals surface area contributed by atoms with Crippen LogP contribution >= 0.6 is 0 Å². The van der Waals surface area contributed by atoms with E-state index in [-0.39, 0.29) is 17.6 Å². The molecule has 0 aliphatic carbocycles. The summed E-state index contributed by atoms with van der Waals surface area (Å²) in [5.74, 6) is 0.649. The highest BCUT2D eigenvalue weighted by Crippen LogP contribution is 2.29. The van der Waals surface area contributed by atoms with Gasteiger partial charge in [-0.3, -0.25) is 9.36 Å². The van der Waals surface area contributed by atoms with Gasteiger partial charge in [0.05, 0.1) is 11.7 Å². The second-order valence-electron chi connectivity index (χ2n) is 6.79. The van der Waals surface area contributed by atoms with Crippen molar-refractivity contribution in [3.8, 4) is 12.0 Å². The molecule has 3 rings (SSSR count). The van der Waals surface area contributed by atoms with Crippen molar-refractivity contribution in [2.75, 3.05) is 13.1 Å². The van der Waals surface area contributed by atoms with Crippen molar-refractivity contribution in [3.63, 3.8) is 0 Å². The Morgan fingerprint density at radius 3 is 2.62 bits per heavy atom. The maximum atomic E-state index is 13.1. The van der Waals surface area contributed by atoms with E-state index < -0.39 is 5.60 Å². The molecule has 3 heterocycles. The molecule has 2 aromatic rings. The van der Waals surface area contributed by atoms with Crippen molar-refractivity contribution in [2.45, 2.75) is 39.4 Å². The molecule has 0 spiro atoms. The molecule has 0 aromatic carbocycles. The molecule has 1 saturated heterocycles. The van der Waals surface area contributed by atoms with Crippen molar-refractivity contribution >= 4 is 5.91 Å². The third kappa shape index (κ3) is 2.83. The van der Waals surface area contributed by atoms with Crippen LogP contribution in [0.4, 0.5) is 0 Å². The third-order valence-electron chi connectivity index (χ3n) is 4.09. The Morgan fingerprint density at radius 2 is 2.04 bits per heavy atom. The molecule has 1 fully saturated rings. The number of carbonyl (C=O) groups excluding carboxylic acids is 1. The van der Waals surface area contributed by atoms with Crippen LogP contribution in [0.5, 0.6) is 0 Å². The van der Waals surface area contributed by atoms with Crippen LogP contribution < -0.4 is 0 Å². The van der Waals surface area contributed by atoms with Crippen molar-refractivity contribution < 1.29 is 13.9 Å². The van der Waals surface area contributed by atoms with Gasteiger partial charge in [0.15, 0.2) is 0 Å². The number of aryl methyl sites for hydroxylation is 1. The first-order valence-corrected chi connectivity index (χ1v) is 7.96. The number of nitrogens with zero attached hydrogens (tertiary/aromatic N) is 3. The SMILES string of the molecule is Cc1oc(-n2cccc2)c(C#N)c1C(=O)N1CC(C)OC(C)(C)C1. The number of carbonyl (C=O) groups is 1. The lowest BCUT2D eigenvalue weighted by Crippen LogP contribution is -2.53. The Morgan fingerprint density at radius 1 is 1.38 bits per heavy atom. The maximum Gasteiger partial charge on any atom is 0.259 e. The Bertz CT molecular complexity index is 796. The van der Waals surface area contributed by atoms with Gasteiger partial charge in [0, 0.05) is 25.5 Å². The van der Waals surface area contributed by atoms with Gasteiger partial charge in [0.2, 0.25) is 5.88 Å². The maximum absolute atomic E-state index is 13.1. The number of morpholine rings is 1. The summed E-state index contributed by atoms with van der Waals surface area (Å²) >= 11 is 0. The van der Waals surface area contributed by atoms with Crippen LogP contribution in [-0.2, 0) is 4.74 Å². The summed E-state index contributed by atoms with van der Waals surface area (Å²) in [5, 5.41) is 9.59. The fraction of sp³-hybridized carbons (Fsp3) is 0.444. The van der Waals surface area contributed by atoms with E-state index in [1.54, 1.807) is 28.8 Å². The summed E-state index contributed by atoms with van der Waals surface area (Å²) < 4.78 is 13.3. The molecule has 24 heavy (non-hydrogen) atoms. The Hall–Kier alpha value is -2.52. The zero-order chi connectivity index (χ0) is 17.5. The van der Waals surface area contributed by atoms with Crippen molar-refractivity contribution in [3.05, 3.63) is 41.4 Å². The third-order valence-corrected chi connectivity index (χ3v) is 4.09. The first kappa shape index (κ1) is 16.3. The zero-order valence-electron chi connectivity index (χ0n) is 14.4. The highest BCUT2D eigenvalue weighted by molar-refractivity contribution is 5.98. The largest absolute Gasteiger partial charge is 0.443 e. The van der Waals surface area contributed by atoms with Crippen LogP contribution in [0.15, 0.2) is 28.9 Å². The molecule has 0 bridgehead atoms. The molecule has 1 atom stereocenters. The quantitative estimate of drug-likeness (QED) is 0.850. The number of amides is 1. The molecule has 1 aliphatic heterocycles. The molecule has 126 valence electrons. The lowest BCUT2D eigenvalue weighted by molar-refractivity contribution is -0.118. The number of furan rings is 1. The van der Waals surface area contributed by atoms with Gasteiger partial charge in [-0.2, -0.15) is 5.26 Å². The molecular weight excluding hydrogens is 306 g/mol. The van der Waals surface area contributed by atoms with Crippen LogP contribution in [0.25, 0.3) is 5.88 Å². The van der Waals surface area contributed by atoms with Gasteiger partial charge in [-0.05, 0) is 39.8 Å². The molecule has 6 nitrogen and oxygen atoms in total. The van der Waals surface area contributed by atoms with E-state index in [9.17, 15) is 10.1 Å². The Labute approximate surface area is 141 Å². The number of ether oxygens (including phenoxy) is 1. The minimum Gasteiger partial charge on any atom is -0.443 e. The number of aromatic nitrogens is 1. The van der Waals surface area contributed by atoms with E-state index >= 15 is 0 Å². The summed E-state index contributed by atoms with van der Waals surface area (Å²) in [4.78, 5) is 14.8. The van der Waals surface area contributed by atoms with Crippen molar-refractivity contribution in [1.82, 2.24) is 9.47 Å². The van der Waals surface area contributed by atoms with E-state index in [2.05, 4.69) is 6.07 Å². The normalized spacial score (nSPS) is 20.0. The molecule has 1 aliphatic rings. The highest BCUT2D eigenvalue weighted by atomic mass is 16.5. The molecular formula is C18H21N3O3. The minimum absolute atomic E-state index is 0.0561. The van der Waals surface area contributed by atoms with Gasteiger partial charge >= 0.3 is 0 Å². The van der Waals surface area contributed by atoms with Gasteiger partial charge in [0.25, 0.3) is 5.91 Å². The van der Waals surface area contributed by atoms with Crippen LogP contribution in [0.2, 0.25) is 0 Å².